The van der Waals surface area contributed by atoms with Crippen molar-refractivity contribution in [1.82, 2.24) is 30.0 Å². The van der Waals surface area contributed by atoms with Gasteiger partial charge in [-0.2, -0.15) is 32.0 Å². The molecule has 2 amide bonds. The number of rotatable bonds is 7. The number of pyridine rings is 1. The van der Waals surface area contributed by atoms with Crippen LogP contribution in [0, 0.1) is 0 Å². The predicted molar refractivity (Wildman–Crippen MR) is 122 cm³/mol. The van der Waals surface area contributed by atoms with Crippen LogP contribution in [0.2, 0.25) is 0 Å². The van der Waals surface area contributed by atoms with Gasteiger partial charge in [0.2, 0.25) is 17.7 Å². The lowest BCUT2D eigenvalue weighted by molar-refractivity contribution is -0.285. The first-order valence-electron chi connectivity index (χ1n) is 11.4. The molecule has 16 heteroatoms. The molecule has 5 rings (SSSR count). The van der Waals surface area contributed by atoms with Gasteiger partial charge in [-0.1, -0.05) is 0 Å². The maximum atomic E-state index is 13.6. The van der Waals surface area contributed by atoms with Gasteiger partial charge in [0, 0.05) is 25.1 Å². The molecule has 1 aliphatic carbocycles. The molecule has 0 saturated heterocycles. The average Bonchev–Trinajstić information content (AvgIpc) is 3.52. The van der Waals surface area contributed by atoms with Crippen LogP contribution in [0.1, 0.15) is 31.7 Å². The van der Waals surface area contributed by atoms with Crippen molar-refractivity contribution in [2.45, 2.75) is 56.3 Å². The van der Waals surface area contributed by atoms with E-state index in [9.17, 15) is 31.5 Å². The molecule has 1 saturated carbocycles. The number of nitrogens with two attached hydrogens (primary N) is 1. The van der Waals surface area contributed by atoms with Crippen LogP contribution in [-0.4, -0.2) is 61.8 Å². The number of nitrogens with one attached hydrogen (secondary N) is 2. The number of ether oxygens (including phenoxy) is 1. The van der Waals surface area contributed by atoms with Crippen LogP contribution in [0.5, 0.6) is 5.88 Å². The summed E-state index contributed by atoms with van der Waals surface area (Å²) in [7, 11) is 1.30. The van der Waals surface area contributed by atoms with Crippen LogP contribution in [0.15, 0.2) is 12.1 Å². The van der Waals surface area contributed by atoms with Crippen molar-refractivity contribution in [3.05, 3.63) is 17.7 Å². The van der Waals surface area contributed by atoms with Crippen LogP contribution >= 0.6 is 0 Å². The quantitative estimate of drug-likeness (QED) is 0.306. The molecule has 0 radical (unpaired) electrons. The van der Waals surface area contributed by atoms with Crippen LogP contribution in [0.3, 0.4) is 0 Å². The van der Waals surface area contributed by atoms with Crippen LogP contribution < -0.4 is 21.1 Å². The van der Waals surface area contributed by atoms with Gasteiger partial charge in [0.25, 0.3) is 0 Å². The van der Waals surface area contributed by atoms with E-state index in [1.165, 1.54) is 26.2 Å². The second-order valence-electron chi connectivity index (χ2n) is 9.23. The Morgan fingerprint density at radius 1 is 1.24 bits per heavy atom. The van der Waals surface area contributed by atoms with Crippen molar-refractivity contribution in [1.29, 1.82) is 0 Å². The van der Waals surface area contributed by atoms with Gasteiger partial charge in [-0.3, -0.25) is 9.59 Å². The molecular weight excluding hydrogens is 519 g/mol. The second kappa shape index (κ2) is 8.46. The van der Waals surface area contributed by atoms with Gasteiger partial charge >= 0.3 is 12.1 Å². The maximum Gasteiger partial charge on any atom is 0.453 e. The third-order valence-corrected chi connectivity index (χ3v) is 6.53. The molecule has 0 aromatic carbocycles. The Morgan fingerprint density at radius 2 is 1.95 bits per heavy atom. The monoisotopic (exact) mass is 540 g/mol. The number of hydrogen-bond acceptors (Lipinski definition) is 8. The molecule has 0 spiro atoms. The number of carbonyl (C=O) groups excluding carboxylic acids is 2. The van der Waals surface area contributed by atoms with Gasteiger partial charge in [0.15, 0.2) is 16.9 Å². The standard InChI is InChI=1S/C22H21F5N8O3/c1-20(18(36)29-9-3-4-9)12-14(28)31-16(32-15(12)33-19(20)37)13-10-5-6-11(38-2)30-17(10)35(34-13)8-7-21(23,24)22(25,26)27/h5-6,9H,3-4,7-8H2,1-2H3,(H,29,36)(H3,28,31,32,33,37). The highest BCUT2D eigenvalue weighted by molar-refractivity contribution is 6.21. The predicted octanol–water partition coefficient (Wildman–Crippen LogP) is 2.56. The molecule has 11 nitrogen and oxygen atoms in total. The Balaban J connectivity index is 1.57. The first kappa shape index (κ1) is 25.5. The number of halogens is 5. The number of fused-ring (bicyclic) bond motifs is 2. The van der Waals surface area contributed by atoms with Gasteiger partial charge in [0.05, 0.1) is 18.1 Å². The summed E-state index contributed by atoms with van der Waals surface area (Å²) in [6.45, 7) is 0.548. The summed E-state index contributed by atoms with van der Waals surface area (Å²) >= 11 is 0. The van der Waals surface area contributed by atoms with E-state index < -0.39 is 42.3 Å². The van der Waals surface area contributed by atoms with E-state index in [-0.39, 0.29) is 51.7 Å². The maximum absolute atomic E-state index is 13.6. The molecule has 1 atom stereocenters. The first-order valence-corrected chi connectivity index (χ1v) is 11.4. The number of nitrogen functional groups attached to an aromatic ring is 1. The summed E-state index contributed by atoms with van der Waals surface area (Å²) in [5.41, 5.74) is 4.45. The molecule has 1 unspecified atom stereocenters. The Morgan fingerprint density at radius 3 is 2.58 bits per heavy atom. The Bertz CT molecular complexity index is 1470. The SMILES string of the molecule is COc1ccc2c(-c3nc(N)c4c(n3)NC(=O)C4(C)C(=O)NC3CC3)nn(CCC(F)(F)C(F)(F)F)c2n1. The summed E-state index contributed by atoms with van der Waals surface area (Å²) in [6, 6.07) is 2.86. The minimum atomic E-state index is -5.74. The highest BCUT2D eigenvalue weighted by atomic mass is 19.4. The van der Waals surface area contributed by atoms with Crippen molar-refractivity contribution >= 4 is 34.5 Å². The molecular formula is C22H21F5N8O3. The summed E-state index contributed by atoms with van der Waals surface area (Å²) in [6.07, 6.45) is -5.74. The highest BCUT2D eigenvalue weighted by Gasteiger charge is 2.57. The molecule has 4 N–H and O–H groups in total. The number of hydrogen-bond donors (Lipinski definition) is 3. The number of alkyl halides is 5. The first-order chi connectivity index (χ1) is 17.8. The molecule has 0 bridgehead atoms. The fraction of sp³-hybridized carbons (Fsp3) is 0.455. The summed E-state index contributed by atoms with van der Waals surface area (Å²) in [4.78, 5) is 38.4. The minimum Gasteiger partial charge on any atom is -0.481 e. The minimum absolute atomic E-state index is 0.0258. The van der Waals surface area contributed by atoms with Crippen LogP contribution in [-0.2, 0) is 21.5 Å². The fourth-order valence-electron chi connectivity index (χ4n) is 4.14. The molecule has 3 aromatic heterocycles. The third-order valence-electron chi connectivity index (χ3n) is 6.53. The Kier molecular flexibility index (Phi) is 5.68. The van der Waals surface area contributed by atoms with E-state index in [2.05, 4.69) is 30.7 Å². The van der Waals surface area contributed by atoms with Gasteiger partial charge in [-0.05, 0) is 25.8 Å². The number of aryl methyl sites for hydroxylation is 1. The zero-order chi connectivity index (χ0) is 27.6. The van der Waals surface area contributed by atoms with E-state index in [0.717, 1.165) is 17.5 Å². The lowest BCUT2D eigenvalue weighted by Gasteiger charge is -2.21. The molecule has 202 valence electrons. The van der Waals surface area contributed by atoms with E-state index in [4.69, 9.17) is 10.5 Å². The van der Waals surface area contributed by atoms with E-state index in [0.29, 0.717) is 0 Å². The number of nitrogens with zero attached hydrogens (tertiary/aromatic N) is 5. The molecule has 38 heavy (non-hydrogen) atoms. The van der Waals surface area contributed by atoms with Crippen LogP contribution in [0.4, 0.5) is 33.6 Å². The van der Waals surface area contributed by atoms with E-state index >= 15 is 0 Å². The van der Waals surface area contributed by atoms with Gasteiger partial charge < -0.3 is 21.1 Å². The molecule has 3 aromatic rings. The number of amides is 2. The number of aromatic nitrogens is 5. The number of anilines is 2. The summed E-state index contributed by atoms with van der Waals surface area (Å²) in [5, 5.41) is 9.65. The van der Waals surface area contributed by atoms with Crippen molar-refractivity contribution < 1.29 is 36.3 Å². The van der Waals surface area contributed by atoms with E-state index in [1.54, 1.807) is 0 Å². The second-order valence-corrected chi connectivity index (χ2v) is 9.23. The van der Waals surface area contributed by atoms with E-state index in [1.807, 2.05) is 0 Å². The van der Waals surface area contributed by atoms with Gasteiger partial charge in [0.1, 0.15) is 17.3 Å². The number of carbonyl (C=O) groups is 2. The summed E-state index contributed by atoms with van der Waals surface area (Å²) < 4.78 is 71.3. The average molecular weight is 540 g/mol. The van der Waals surface area contributed by atoms with Crippen molar-refractivity contribution in [2.75, 3.05) is 18.2 Å². The smallest absolute Gasteiger partial charge is 0.453 e. The molecule has 1 fully saturated rings. The summed E-state index contributed by atoms with van der Waals surface area (Å²) in [5.74, 6) is -6.54. The zero-order valence-corrected chi connectivity index (χ0v) is 20.0. The molecule has 4 heterocycles. The fourth-order valence-corrected chi connectivity index (χ4v) is 4.14. The lowest BCUT2D eigenvalue weighted by atomic mass is 9.83. The van der Waals surface area contributed by atoms with Crippen molar-refractivity contribution in [2.24, 2.45) is 0 Å². The molecule has 2 aliphatic rings. The van der Waals surface area contributed by atoms with Gasteiger partial charge in [-0.25, -0.2) is 14.6 Å². The van der Waals surface area contributed by atoms with Gasteiger partial charge in [-0.15, -0.1) is 0 Å². The third kappa shape index (κ3) is 4.03. The molecule has 1 aliphatic heterocycles. The largest absolute Gasteiger partial charge is 0.481 e. The van der Waals surface area contributed by atoms with Crippen molar-refractivity contribution in [3.63, 3.8) is 0 Å². The van der Waals surface area contributed by atoms with Crippen LogP contribution in [0.25, 0.3) is 22.6 Å². The normalized spacial score (nSPS) is 19.4. The van der Waals surface area contributed by atoms with Crippen molar-refractivity contribution in [3.8, 4) is 17.4 Å². The lowest BCUT2D eigenvalue weighted by Crippen LogP contribution is -2.48. The Hall–Kier alpha value is -4.11. The highest BCUT2D eigenvalue weighted by Crippen LogP contribution is 2.42. The number of methoxy groups -OCH3 is 1. The Labute approximate surface area is 211 Å². The topological polar surface area (TPSA) is 150 Å². The zero-order valence-electron chi connectivity index (χ0n) is 20.0.